The SMILES string of the molecule is O=C(Nc1ccc(-n2cccn2)cc1)C1CC12CCN(C(=O)CCc1nc3ccccc3s1)CC2. The summed E-state index contributed by atoms with van der Waals surface area (Å²) in [7, 11) is 0. The highest BCUT2D eigenvalue weighted by molar-refractivity contribution is 7.18. The monoisotopic (exact) mass is 485 g/mol. The van der Waals surface area contributed by atoms with Gasteiger partial charge in [-0.1, -0.05) is 12.1 Å². The molecule has 1 N–H and O–H groups in total. The van der Waals surface area contributed by atoms with Crippen LogP contribution in [-0.2, 0) is 16.0 Å². The molecular formula is C27H27N5O2S. The van der Waals surface area contributed by atoms with Gasteiger partial charge in [-0.3, -0.25) is 9.59 Å². The van der Waals surface area contributed by atoms with E-state index in [4.69, 9.17) is 0 Å². The average Bonchev–Trinajstić information content (AvgIpc) is 3.22. The van der Waals surface area contributed by atoms with Gasteiger partial charge in [-0.05, 0) is 67.1 Å². The first kappa shape index (κ1) is 22.0. The number of benzene rings is 2. The molecule has 6 rings (SSSR count). The standard InChI is InChI=1S/C27H27N5O2S/c33-25(11-10-24-30-22-4-1-2-5-23(22)35-24)31-16-12-27(13-17-31)18-21(27)26(34)29-19-6-8-20(9-7-19)32-15-3-14-28-32/h1-9,14-15,21H,10-13,16-18H2,(H,29,34). The second-order valence-electron chi connectivity index (χ2n) is 9.56. The molecule has 1 unspecified atom stereocenters. The molecule has 1 saturated carbocycles. The molecule has 1 spiro atoms. The number of anilines is 1. The van der Waals surface area contributed by atoms with Crippen LogP contribution in [0.15, 0.2) is 67.0 Å². The molecule has 178 valence electrons. The fourth-order valence-electron chi connectivity index (χ4n) is 5.22. The van der Waals surface area contributed by atoms with Crippen molar-refractivity contribution in [2.75, 3.05) is 18.4 Å². The first-order valence-corrected chi connectivity index (χ1v) is 12.9. The molecule has 2 fully saturated rings. The third kappa shape index (κ3) is 4.46. The molecule has 2 aromatic carbocycles. The number of aromatic nitrogens is 3. The molecule has 7 nitrogen and oxygen atoms in total. The van der Waals surface area contributed by atoms with Crippen LogP contribution in [0.4, 0.5) is 5.69 Å². The minimum Gasteiger partial charge on any atom is -0.343 e. The van der Waals surface area contributed by atoms with E-state index in [-0.39, 0.29) is 23.1 Å². The number of carbonyl (C=O) groups excluding carboxylic acids is 2. The molecular weight excluding hydrogens is 458 g/mol. The molecule has 1 aliphatic carbocycles. The molecule has 4 aromatic rings. The quantitative estimate of drug-likeness (QED) is 0.430. The van der Waals surface area contributed by atoms with Gasteiger partial charge in [0, 0.05) is 49.9 Å². The number of nitrogens with zero attached hydrogens (tertiary/aromatic N) is 4. The lowest BCUT2D eigenvalue weighted by Gasteiger charge is -2.33. The van der Waals surface area contributed by atoms with Gasteiger partial charge in [0.15, 0.2) is 0 Å². The normalized spacial score (nSPS) is 18.6. The molecule has 1 saturated heterocycles. The Hall–Kier alpha value is -3.52. The van der Waals surface area contributed by atoms with Gasteiger partial charge < -0.3 is 10.2 Å². The van der Waals surface area contributed by atoms with Crippen molar-refractivity contribution in [3.05, 3.63) is 72.0 Å². The van der Waals surface area contributed by atoms with Crippen LogP contribution in [0.2, 0.25) is 0 Å². The minimum absolute atomic E-state index is 0.0355. The Kier molecular flexibility index (Phi) is 5.60. The Morgan fingerprint density at radius 2 is 1.86 bits per heavy atom. The van der Waals surface area contributed by atoms with Crippen LogP contribution in [0, 0.1) is 11.3 Å². The lowest BCUT2D eigenvalue weighted by molar-refractivity contribution is -0.132. The van der Waals surface area contributed by atoms with Crippen LogP contribution in [0.3, 0.4) is 0 Å². The number of amides is 2. The van der Waals surface area contributed by atoms with E-state index in [9.17, 15) is 9.59 Å². The third-order valence-corrected chi connectivity index (χ3v) is 8.51. The van der Waals surface area contributed by atoms with Crippen molar-refractivity contribution in [3.8, 4) is 5.69 Å². The number of carbonyl (C=O) groups is 2. The van der Waals surface area contributed by atoms with Gasteiger partial charge in [0.25, 0.3) is 0 Å². The summed E-state index contributed by atoms with van der Waals surface area (Å²) in [5, 5.41) is 8.32. The number of rotatable bonds is 6. The molecule has 3 heterocycles. The Morgan fingerprint density at radius 1 is 1.06 bits per heavy atom. The number of para-hydroxylation sites is 1. The Labute approximate surface area is 207 Å². The number of likely N-dealkylation sites (tertiary alicyclic amines) is 1. The van der Waals surface area contributed by atoms with Crippen molar-refractivity contribution in [2.45, 2.75) is 32.1 Å². The summed E-state index contributed by atoms with van der Waals surface area (Å²) >= 11 is 1.67. The maximum atomic E-state index is 12.9. The lowest BCUT2D eigenvalue weighted by Crippen LogP contribution is -2.40. The zero-order chi connectivity index (χ0) is 23.8. The van der Waals surface area contributed by atoms with Crippen molar-refractivity contribution >= 4 is 39.1 Å². The fourth-order valence-corrected chi connectivity index (χ4v) is 6.19. The maximum absolute atomic E-state index is 12.9. The fraction of sp³-hybridized carbons (Fsp3) is 0.333. The van der Waals surface area contributed by atoms with E-state index in [1.807, 2.05) is 59.6 Å². The molecule has 1 aliphatic heterocycles. The smallest absolute Gasteiger partial charge is 0.228 e. The number of nitrogens with one attached hydrogen (secondary N) is 1. The van der Waals surface area contributed by atoms with Crippen molar-refractivity contribution < 1.29 is 9.59 Å². The summed E-state index contributed by atoms with van der Waals surface area (Å²) in [5.74, 6) is 0.318. The Bertz CT molecular complexity index is 1320. The largest absolute Gasteiger partial charge is 0.343 e. The zero-order valence-corrected chi connectivity index (χ0v) is 20.2. The molecule has 2 aromatic heterocycles. The summed E-state index contributed by atoms with van der Waals surface area (Å²) in [5.41, 5.74) is 2.82. The van der Waals surface area contributed by atoms with Crippen LogP contribution in [-0.4, -0.2) is 44.6 Å². The summed E-state index contributed by atoms with van der Waals surface area (Å²) in [6, 6.07) is 17.7. The van der Waals surface area contributed by atoms with Crippen LogP contribution in [0.1, 0.15) is 30.7 Å². The Morgan fingerprint density at radius 3 is 2.60 bits per heavy atom. The Balaban J connectivity index is 0.983. The van der Waals surface area contributed by atoms with Gasteiger partial charge in [-0.25, -0.2) is 9.67 Å². The van der Waals surface area contributed by atoms with Crippen LogP contribution < -0.4 is 5.32 Å². The van der Waals surface area contributed by atoms with Gasteiger partial charge >= 0.3 is 0 Å². The van der Waals surface area contributed by atoms with E-state index in [0.29, 0.717) is 12.8 Å². The molecule has 0 radical (unpaired) electrons. The van der Waals surface area contributed by atoms with Crippen molar-refractivity contribution in [1.82, 2.24) is 19.7 Å². The van der Waals surface area contributed by atoms with Gasteiger partial charge in [-0.15, -0.1) is 11.3 Å². The molecule has 8 heteroatoms. The van der Waals surface area contributed by atoms with Crippen LogP contribution in [0.25, 0.3) is 15.9 Å². The lowest BCUT2D eigenvalue weighted by atomic mass is 9.90. The van der Waals surface area contributed by atoms with Crippen LogP contribution in [0.5, 0.6) is 0 Å². The number of hydrogen-bond donors (Lipinski definition) is 1. The van der Waals surface area contributed by atoms with Gasteiger partial charge in [0.1, 0.15) is 0 Å². The third-order valence-electron chi connectivity index (χ3n) is 7.41. The molecule has 2 aliphatic rings. The number of hydrogen-bond acceptors (Lipinski definition) is 5. The van der Waals surface area contributed by atoms with Crippen molar-refractivity contribution in [3.63, 3.8) is 0 Å². The number of fused-ring (bicyclic) bond motifs is 1. The van der Waals surface area contributed by atoms with Crippen molar-refractivity contribution in [1.29, 1.82) is 0 Å². The number of piperidine rings is 1. The van der Waals surface area contributed by atoms with E-state index in [1.165, 1.54) is 4.70 Å². The summed E-state index contributed by atoms with van der Waals surface area (Å²) in [6.07, 6.45) is 7.52. The number of aryl methyl sites for hydroxylation is 1. The maximum Gasteiger partial charge on any atom is 0.228 e. The van der Waals surface area contributed by atoms with Gasteiger partial charge in [0.05, 0.1) is 20.9 Å². The second kappa shape index (κ2) is 8.92. The summed E-state index contributed by atoms with van der Waals surface area (Å²) < 4.78 is 2.96. The van der Waals surface area contributed by atoms with E-state index in [0.717, 1.165) is 54.3 Å². The first-order chi connectivity index (χ1) is 17.1. The average molecular weight is 486 g/mol. The molecule has 1 atom stereocenters. The van der Waals surface area contributed by atoms with E-state index in [1.54, 1.807) is 22.2 Å². The molecule has 35 heavy (non-hydrogen) atoms. The predicted molar refractivity (Wildman–Crippen MR) is 136 cm³/mol. The highest BCUT2D eigenvalue weighted by Crippen LogP contribution is 2.59. The van der Waals surface area contributed by atoms with Crippen molar-refractivity contribution in [2.24, 2.45) is 11.3 Å². The highest BCUT2D eigenvalue weighted by atomic mass is 32.1. The minimum atomic E-state index is 0.0355. The predicted octanol–water partition coefficient (Wildman–Crippen LogP) is 4.68. The highest BCUT2D eigenvalue weighted by Gasteiger charge is 2.58. The zero-order valence-electron chi connectivity index (χ0n) is 19.4. The first-order valence-electron chi connectivity index (χ1n) is 12.1. The molecule has 0 bridgehead atoms. The summed E-state index contributed by atoms with van der Waals surface area (Å²) in [6.45, 7) is 1.47. The number of thiazole rings is 1. The second-order valence-corrected chi connectivity index (χ2v) is 10.7. The van der Waals surface area contributed by atoms with Gasteiger partial charge in [0.2, 0.25) is 11.8 Å². The summed E-state index contributed by atoms with van der Waals surface area (Å²) in [4.78, 5) is 32.3. The topological polar surface area (TPSA) is 80.1 Å². The van der Waals surface area contributed by atoms with Crippen LogP contribution >= 0.6 is 11.3 Å². The van der Waals surface area contributed by atoms with E-state index < -0.39 is 0 Å². The van der Waals surface area contributed by atoms with E-state index in [2.05, 4.69) is 21.5 Å². The van der Waals surface area contributed by atoms with E-state index >= 15 is 0 Å². The molecule has 2 amide bonds. The van der Waals surface area contributed by atoms with Gasteiger partial charge in [-0.2, -0.15) is 5.10 Å².